The summed E-state index contributed by atoms with van der Waals surface area (Å²) < 4.78 is 41.7. The normalized spacial score (nSPS) is 17.9. The number of hydrogen-bond acceptors (Lipinski definition) is 17. The predicted octanol–water partition coefficient (Wildman–Crippen LogP) is 4.54. The smallest absolute Gasteiger partial charge is 0.263 e. The lowest BCUT2D eigenvalue weighted by molar-refractivity contribution is -0.139. The van der Waals surface area contributed by atoms with Crippen LogP contribution in [0.5, 0.6) is 5.75 Å². The number of piperidine rings is 2. The number of anilines is 3. The molecule has 0 radical (unpaired) electrons. The van der Waals surface area contributed by atoms with Crippen LogP contribution in [0.3, 0.4) is 0 Å². The first-order chi connectivity index (χ1) is 36.0. The zero-order valence-corrected chi connectivity index (χ0v) is 42.6. The van der Waals surface area contributed by atoms with E-state index in [1.807, 2.05) is 11.0 Å². The largest absolute Gasteiger partial charge is 0.494 e. The molecule has 0 spiro atoms. The molecule has 4 aromatic rings. The molecule has 3 fully saturated rings. The van der Waals surface area contributed by atoms with Gasteiger partial charge >= 0.3 is 0 Å². The number of amides is 6. The maximum Gasteiger partial charge on any atom is 0.263 e. The molecule has 5 heterocycles. The van der Waals surface area contributed by atoms with E-state index < -0.39 is 35.5 Å². The second kappa shape index (κ2) is 26.4. The maximum absolute atomic E-state index is 13.7. The van der Waals surface area contributed by atoms with E-state index in [0.717, 1.165) is 43.9 Å². The van der Waals surface area contributed by atoms with Gasteiger partial charge in [-0.1, -0.05) is 23.7 Å². The van der Waals surface area contributed by atoms with Gasteiger partial charge in [-0.2, -0.15) is 0 Å². The molecule has 1 aromatic heterocycles. The summed E-state index contributed by atoms with van der Waals surface area (Å²) in [5.41, 5.74) is 2.07. The number of ether oxygens (including phenoxy) is 5. The van der Waals surface area contributed by atoms with Gasteiger partial charge in [-0.15, -0.1) is 11.8 Å². The molecule has 74 heavy (non-hydrogen) atoms. The maximum atomic E-state index is 13.7. The molecule has 4 aliphatic heterocycles. The summed E-state index contributed by atoms with van der Waals surface area (Å²) in [5, 5.41) is 8.85. The fourth-order valence-corrected chi connectivity index (χ4v) is 10.3. The van der Waals surface area contributed by atoms with Crippen LogP contribution in [0.2, 0.25) is 5.02 Å². The number of hydrogen-bond donors (Lipinski definition) is 3. The number of aromatic nitrogens is 2. The first kappa shape index (κ1) is 54.2. The van der Waals surface area contributed by atoms with Gasteiger partial charge in [0, 0.05) is 79.1 Å². The predicted molar refractivity (Wildman–Crippen MR) is 273 cm³/mol. The van der Waals surface area contributed by atoms with Crippen LogP contribution < -0.4 is 20.7 Å². The Hall–Kier alpha value is -6.11. The molecule has 23 heteroatoms. The second-order valence-electron chi connectivity index (χ2n) is 17.8. The van der Waals surface area contributed by atoms with Crippen LogP contribution in [0.25, 0.3) is 10.9 Å². The lowest BCUT2D eigenvalue weighted by Gasteiger charge is -2.42. The Morgan fingerprint density at radius 1 is 0.865 bits per heavy atom. The van der Waals surface area contributed by atoms with Crippen molar-refractivity contribution in [2.24, 2.45) is 0 Å². The summed E-state index contributed by atoms with van der Waals surface area (Å²) in [7, 11) is 1.51. The number of carbonyl (C=O) groups excluding carboxylic acids is 6. The third-order valence-corrected chi connectivity index (χ3v) is 14.3. The van der Waals surface area contributed by atoms with E-state index in [2.05, 4.69) is 35.7 Å². The molecule has 8 rings (SSSR count). The van der Waals surface area contributed by atoms with Gasteiger partial charge in [0.15, 0.2) is 0 Å². The molecule has 6 amide bonds. The molecule has 0 aliphatic carbocycles. The summed E-state index contributed by atoms with van der Waals surface area (Å²) in [6.07, 6.45) is 6.93. The van der Waals surface area contributed by atoms with Crippen LogP contribution in [0, 0.1) is 5.82 Å². The Labute approximate surface area is 436 Å². The number of likely N-dealkylation sites (tertiary alicyclic amines) is 1. The number of thioether (sulfide) groups is 1. The van der Waals surface area contributed by atoms with E-state index in [1.165, 1.54) is 43.4 Å². The summed E-state index contributed by atoms with van der Waals surface area (Å²) in [5.74, 6) is -1.61. The minimum atomic E-state index is -1.01. The van der Waals surface area contributed by atoms with Crippen molar-refractivity contribution in [2.75, 3.05) is 122 Å². The first-order valence-electron chi connectivity index (χ1n) is 24.5. The Kier molecular flexibility index (Phi) is 19.3. The summed E-state index contributed by atoms with van der Waals surface area (Å²) >= 11 is 7.35. The standard InChI is InChI=1S/C51H59ClFN9O11S/c1-69-42-30-39-36(48(55-32-54-39)56-33-7-8-38(53)37(52)28-33)29-40(42)57-44(63)6-3-13-59-14-11-34(12-15-59)60-16-18-61(19-17-60)46(65)31-73-25-24-71-21-20-70-22-23-72-26-27-74-43-5-2-4-35-47(43)51(68)62(50(35)67)41-9-10-45(64)58-49(41)66/h2-8,28-30,32,34,41H,9-27,31H2,1H3,(H,57,63)(H,54,55,56)(H,58,64,66)/b6-3+. The number of nitrogens with zero attached hydrogens (tertiary/aromatic N) is 6. The molecule has 4 aliphatic rings. The number of fused-ring (bicyclic) bond motifs is 2. The first-order valence-corrected chi connectivity index (χ1v) is 25.9. The molecule has 0 bridgehead atoms. The minimum Gasteiger partial charge on any atom is -0.494 e. The molecule has 0 saturated carbocycles. The van der Waals surface area contributed by atoms with Crippen LogP contribution in [0.1, 0.15) is 46.4 Å². The highest BCUT2D eigenvalue weighted by Gasteiger charge is 2.45. The number of nitrogens with one attached hydrogen (secondary N) is 3. The van der Waals surface area contributed by atoms with Gasteiger partial charge in [0.2, 0.25) is 23.6 Å². The average molecular weight is 1060 g/mol. The minimum absolute atomic E-state index is 0.000503. The summed E-state index contributed by atoms with van der Waals surface area (Å²) in [4.78, 5) is 93.1. The second-order valence-corrected chi connectivity index (χ2v) is 19.3. The molecule has 3 saturated heterocycles. The molecule has 394 valence electrons. The fraction of sp³-hybridized carbons (Fsp3) is 0.451. The zero-order valence-electron chi connectivity index (χ0n) is 41.0. The molecule has 3 aromatic carbocycles. The van der Waals surface area contributed by atoms with Crippen molar-refractivity contribution in [1.82, 2.24) is 34.9 Å². The van der Waals surface area contributed by atoms with Gasteiger partial charge in [0.05, 0.1) is 80.7 Å². The van der Waals surface area contributed by atoms with Gasteiger partial charge in [-0.25, -0.2) is 14.4 Å². The van der Waals surface area contributed by atoms with Crippen LogP contribution in [0.4, 0.5) is 21.6 Å². The van der Waals surface area contributed by atoms with Gasteiger partial charge in [-0.3, -0.25) is 48.8 Å². The quantitative estimate of drug-likeness (QED) is 0.0379. The topological polar surface area (TPSA) is 223 Å². The molecule has 20 nitrogen and oxygen atoms in total. The number of piperazine rings is 1. The average Bonchev–Trinajstić information content (AvgIpc) is 3.66. The van der Waals surface area contributed by atoms with Crippen LogP contribution in [0.15, 0.2) is 71.9 Å². The van der Waals surface area contributed by atoms with Crippen LogP contribution in [-0.2, 0) is 38.1 Å². The third-order valence-electron chi connectivity index (χ3n) is 13.0. The molecule has 1 atom stereocenters. The van der Waals surface area contributed by atoms with Crippen molar-refractivity contribution in [3.8, 4) is 5.75 Å². The lowest BCUT2D eigenvalue weighted by Crippen LogP contribution is -2.54. The number of benzene rings is 3. The number of rotatable bonds is 24. The van der Waals surface area contributed by atoms with E-state index >= 15 is 0 Å². The van der Waals surface area contributed by atoms with E-state index in [0.29, 0.717) is 110 Å². The SMILES string of the molecule is COc1cc2ncnc(Nc3ccc(F)c(Cl)c3)c2cc1NC(=O)/C=C/CN1CCC(N2CCN(C(=O)COCCOCCOCCOCCSc3cccc4c3C(=O)N(C3CCC(=O)NC3=O)C4=O)CC2)CC1. The highest BCUT2D eigenvalue weighted by Crippen LogP contribution is 2.36. The number of halogens is 2. The highest BCUT2D eigenvalue weighted by molar-refractivity contribution is 7.99. The Morgan fingerprint density at radius 3 is 2.31 bits per heavy atom. The van der Waals surface area contributed by atoms with Crippen LogP contribution in [-0.4, -0.2) is 189 Å². The van der Waals surface area contributed by atoms with E-state index in [9.17, 15) is 33.2 Å². The van der Waals surface area contributed by atoms with E-state index in [4.69, 9.17) is 35.3 Å². The molecule has 3 N–H and O–H groups in total. The number of carbonyl (C=O) groups is 6. The van der Waals surface area contributed by atoms with Gasteiger partial charge in [0.25, 0.3) is 11.8 Å². The van der Waals surface area contributed by atoms with Gasteiger partial charge in [-0.05, 0) is 68.8 Å². The fourth-order valence-electron chi connectivity index (χ4n) is 9.17. The van der Waals surface area contributed by atoms with Gasteiger partial charge < -0.3 is 39.2 Å². The zero-order chi connectivity index (χ0) is 52.0. The van der Waals surface area contributed by atoms with Crippen molar-refractivity contribution >= 4 is 86.9 Å². The summed E-state index contributed by atoms with van der Waals surface area (Å²) in [6.45, 7) is 7.80. The van der Waals surface area contributed by atoms with Crippen LogP contribution >= 0.6 is 23.4 Å². The number of methoxy groups -OCH3 is 1. The van der Waals surface area contributed by atoms with E-state index in [-0.39, 0.29) is 54.0 Å². The highest BCUT2D eigenvalue weighted by atomic mass is 35.5. The van der Waals surface area contributed by atoms with Crippen molar-refractivity contribution in [3.05, 3.63) is 89.0 Å². The molecular formula is C51H59ClFN9O11S. The molecule has 1 unspecified atom stereocenters. The van der Waals surface area contributed by atoms with Crippen molar-refractivity contribution < 1.29 is 56.8 Å². The molecular weight excluding hydrogens is 1000 g/mol. The number of imide groups is 2. The van der Waals surface area contributed by atoms with Crippen molar-refractivity contribution in [3.63, 3.8) is 0 Å². The lowest BCUT2D eigenvalue weighted by atomic mass is 10.0. The van der Waals surface area contributed by atoms with E-state index in [1.54, 1.807) is 36.4 Å². The van der Waals surface area contributed by atoms with Crippen molar-refractivity contribution in [2.45, 2.75) is 42.7 Å². The Balaban J connectivity index is 0.632. The summed E-state index contributed by atoms with van der Waals surface area (Å²) in [6, 6.07) is 12.2. The third kappa shape index (κ3) is 14.0. The van der Waals surface area contributed by atoms with Gasteiger partial charge in [0.1, 0.15) is 36.4 Å². The monoisotopic (exact) mass is 1060 g/mol. The Morgan fingerprint density at radius 2 is 1.59 bits per heavy atom. The Bertz CT molecular complexity index is 2720. The van der Waals surface area contributed by atoms with Crippen molar-refractivity contribution in [1.29, 1.82) is 0 Å².